The minimum absolute atomic E-state index is 0.108. The van der Waals surface area contributed by atoms with Gasteiger partial charge in [-0.05, 0) is 50.1 Å². The van der Waals surface area contributed by atoms with Gasteiger partial charge in [0.05, 0.1) is 11.9 Å². The van der Waals surface area contributed by atoms with Crippen LogP contribution in [0.15, 0.2) is 72.8 Å². The molecule has 0 spiro atoms. The summed E-state index contributed by atoms with van der Waals surface area (Å²) in [5.74, 6) is -3.61. The molecule has 214 valence electrons. The van der Waals surface area contributed by atoms with E-state index < -0.39 is 51.6 Å². The molecule has 2 amide bonds. The van der Waals surface area contributed by atoms with Crippen molar-refractivity contribution in [2.75, 3.05) is 17.1 Å². The van der Waals surface area contributed by atoms with E-state index in [0.717, 1.165) is 24.0 Å². The SMILES string of the molecule is CC(C)(C)NC(=O)[C@H](Cc1ccccc1)N(Cc1ccccc1Cl)C(=O)CN(c1ccc(F)c(F)c1)S(C)(=O)=O. The van der Waals surface area contributed by atoms with Crippen LogP contribution < -0.4 is 9.62 Å². The van der Waals surface area contributed by atoms with Crippen LogP contribution in [0, 0.1) is 11.6 Å². The lowest BCUT2D eigenvalue weighted by Gasteiger charge is -2.35. The van der Waals surface area contributed by atoms with Gasteiger partial charge in [-0.1, -0.05) is 60.1 Å². The molecule has 7 nitrogen and oxygen atoms in total. The van der Waals surface area contributed by atoms with Crippen molar-refractivity contribution in [1.29, 1.82) is 0 Å². The number of sulfonamides is 1. The predicted octanol–water partition coefficient (Wildman–Crippen LogP) is 4.94. The van der Waals surface area contributed by atoms with Gasteiger partial charge in [-0.3, -0.25) is 13.9 Å². The van der Waals surface area contributed by atoms with E-state index in [9.17, 15) is 26.8 Å². The lowest BCUT2D eigenvalue weighted by atomic mass is 10.0. The van der Waals surface area contributed by atoms with Crippen LogP contribution in [-0.2, 0) is 32.6 Å². The molecule has 3 aromatic carbocycles. The lowest BCUT2D eigenvalue weighted by molar-refractivity contribution is -0.140. The second-order valence-corrected chi connectivity index (χ2v) is 12.7. The lowest BCUT2D eigenvalue weighted by Crippen LogP contribution is -2.56. The Morgan fingerprint density at radius 3 is 2.15 bits per heavy atom. The van der Waals surface area contributed by atoms with Crippen molar-refractivity contribution in [2.45, 2.75) is 45.3 Å². The maximum atomic E-state index is 14.0. The molecular weight excluding hydrogens is 560 g/mol. The van der Waals surface area contributed by atoms with Gasteiger partial charge in [-0.25, -0.2) is 17.2 Å². The summed E-state index contributed by atoms with van der Waals surface area (Å²) in [5.41, 5.74) is 0.452. The Labute approximate surface area is 238 Å². The number of nitrogens with one attached hydrogen (secondary N) is 1. The first-order valence-electron chi connectivity index (χ1n) is 12.5. The molecular formula is C29H32ClF2N3O4S. The van der Waals surface area contributed by atoms with E-state index in [1.807, 2.05) is 30.3 Å². The highest BCUT2D eigenvalue weighted by Gasteiger charge is 2.34. The van der Waals surface area contributed by atoms with E-state index in [4.69, 9.17) is 11.6 Å². The average Bonchev–Trinajstić information content (AvgIpc) is 2.86. The normalized spacial score (nSPS) is 12.5. The smallest absolute Gasteiger partial charge is 0.244 e. The summed E-state index contributed by atoms with van der Waals surface area (Å²) in [6, 6.07) is 17.4. The molecule has 40 heavy (non-hydrogen) atoms. The maximum Gasteiger partial charge on any atom is 0.244 e. The zero-order chi connectivity index (χ0) is 29.7. The number of carbonyl (C=O) groups excluding carboxylic acids is 2. The van der Waals surface area contributed by atoms with Crippen LogP contribution in [-0.4, -0.2) is 49.5 Å². The minimum Gasteiger partial charge on any atom is -0.350 e. The van der Waals surface area contributed by atoms with Crippen LogP contribution >= 0.6 is 11.6 Å². The Balaban J connectivity index is 2.10. The molecule has 0 aliphatic rings. The molecule has 0 aliphatic heterocycles. The van der Waals surface area contributed by atoms with Gasteiger partial charge >= 0.3 is 0 Å². The van der Waals surface area contributed by atoms with Crippen LogP contribution in [0.5, 0.6) is 0 Å². The van der Waals surface area contributed by atoms with Crippen molar-refractivity contribution < 1.29 is 26.8 Å². The summed E-state index contributed by atoms with van der Waals surface area (Å²) >= 11 is 6.41. The molecule has 0 radical (unpaired) electrons. The Bertz CT molecular complexity index is 1460. The number of rotatable bonds is 10. The monoisotopic (exact) mass is 591 g/mol. The van der Waals surface area contributed by atoms with Crippen LogP contribution in [0.25, 0.3) is 0 Å². The fourth-order valence-corrected chi connectivity index (χ4v) is 5.11. The minimum atomic E-state index is -4.12. The quantitative estimate of drug-likeness (QED) is 0.362. The zero-order valence-electron chi connectivity index (χ0n) is 22.7. The maximum absolute atomic E-state index is 14.0. The molecule has 1 atom stereocenters. The molecule has 0 saturated carbocycles. The molecule has 0 aliphatic carbocycles. The first-order valence-corrected chi connectivity index (χ1v) is 14.7. The summed E-state index contributed by atoms with van der Waals surface area (Å²) in [6.45, 7) is 4.54. The second kappa shape index (κ2) is 12.8. The van der Waals surface area contributed by atoms with Gasteiger partial charge in [-0.15, -0.1) is 0 Å². The highest BCUT2D eigenvalue weighted by Crippen LogP contribution is 2.24. The third-order valence-corrected chi connectivity index (χ3v) is 7.45. The van der Waals surface area contributed by atoms with Gasteiger partial charge in [0.25, 0.3) is 0 Å². The number of carbonyl (C=O) groups is 2. The first kappa shape index (κ1) is 31.0. The van der Waals surface area contributed by atoms with Crippen molar-refractivity contribution >= 4 is 39.1 Å². The third kappa shape index (κ3) is 8.50. The van der Waals surface area contributed by atoms with Crippen molar-refractivity contribution in [1.82, 2.24) is 10.2 Å². The van der Waals surface area contributed by atoms with Gasteiger partial charge in [0.1, 0.15) is 12.6 Å². The Hall–Kier alpha value is -3.50. The van der Waals surface area contributed by atoms with Gasteiger partial charge in [-0.2, -0.15) is 0 Å². The van der Waals surface area contributed by atoms with Crippen molar-refractivity contribution in [3.05, 3.63) is 101 Å². The predicted molar refractivity (Wildman–Crippen MR) is 152 cm³/mol. The second-order valence-electron chi connectivity index (χ2n) is 10.4. The number of anilines is 1. The molecule has 3 rings (SSSR count). The molecule has 0 unspecified atom stereocenters. The topological polar surface area (TPSA) is 86.8 Å². The number of amides is 2. The van der Waals surface area contributed by atoms with E-state index >= 15 is 0 Å². The van der Waals surface area contributed by atoms with Crippen LogP contribution in [0.4, 0.5) is 14.5 Å². The third-order valence-electron chi connectivity index (χ3n) is 5.94. The number of hydrogen-bond donors (Lipinski definition) is 1. The molecule has 0 aromatic heterocycles. The van der Waals surface area contributed by atoms with E-state index in [1.165, 1.54) is 4.90 Å². The summed E-state index contributed by atoms with van der Waals surface area (Å²) < 4.78 is 53.7. The van der Waals surface area contributed by atoms with Crippen LogP contribution in [0.1, 0.15) is 31.9 Å². The van der Waals surface area contributed by atoms with Gasteiger partial charge in [0.2, 0.25) is 21.8 Å². The molecule has 0 heterocycles. The van der Waals surface area contributed by atoms with Crippen LogP contribution in [0.2, 0.25) is 5.02 Å². The number of hydrogen-bond acceptors (Lipinski definition) is 4. The Morgan fingerprint density at radius 1 is 0.950 bits per heavy atom. The van der Waals surface area contributed by atoms with Crippen LogP contribution in [0.3, 0.4) is 0 Å². The molecule has 11 heteroatoms. The molecule has 0 bridgehead atoms. The first-order chi connectivity index (χ1) is 18.7. The fraction of sp³-hybridized carbons (Fsp3) is 0.310. The molecule has 0 fully saturated rings. The average molecular weight is 592 g/mol. The molecule has 1 N–H and O–H groups in total. The summed E-state index contributed by atoms with van der Waals surface area (Å²) in [7, 11) is -4.12. The number of benzene rings is 3. The van der Waals surface area contributed by atoms with E-state index in [1.54, 1.807) is 45.0 Å². The highest BCUT2D eigenvalue weighted by atomic mass is 35.5. The fourth-order valence-electron chi connectivity index (χ4n) is 4.07. The van der Waals surface area contributed by atoms with Gasteiger partial charge < -0.3 is 10.2 Å². The van der Waals surface area contributed by atoms with E-state index in [0.29, 0.717) is 21.0 Å². The zero-order valence-corrected chi connectivity index (χ0v) is 24.3. The number of nitrogens with zero attached hydrogens (tertiary/aromatic N) is 2. The summed E-state index contributed by atoms with van der Waals surface area (Å²) in [4.78, 5) is 28.9. The Morgan fingerprint density at radius 2 is 1.57 bits per heavy atom. The van der Waals surface area contributed by atoms with Gasteiger partial charge in [0.15, 0.2) is 11.6 Å². The molecule has 0 saturated heterocycles. The summed E-state index contributed by atoms with van der Waals surface area (Å²) in [6.07, 6.45) is 0.983. The van der Waals surface area contributed by atoms with E-state index in [2.05, 4.69) is 5.32 Å². The van der Waals surface area contributed by atoms with Crippen molar-refractivity contribution in [2.24, 2.45) is 0 Å². The highest BCUT2D eigenvalue weighted by molar-refractivity contribution is 7.92. The molecule has 3 aromatic rings. The summed E-state index contributed by atoms with van der Waals surface area (Å²) in [5, 5.41) is 3.27. The number of halogens is 3. The van der Waals surface area contributed by atoms with Crippen molar-refractivity contribution in [3.8, 4) is 0 Å². The Kier molecular flexibility index (Phi) is 9.92. The van der Waals surface area contributed by atoms with Crippen molar-refractivity contribution in [3.63, 3.8) is 0 Å². The van der Waals surface area contributed by atoms with Gasteiger partial charge in [0, 0.05) is 29.6 Å². The van der Waals surface area contributed by atoms with E-state index in [-0.39, 0.29) is 18.7 Å². The largest absolute Gasteiger partial charge is 0.350 e. The standard InChI is InChI=1S/C29H32ClF2N3O4S/c1-29(2,3)33-28(37)26(16-20-10-6-5-7-11-20)34(18-21-12-8-9-13-23(21)30)27(36)19-35(40(4,38)39)22-14-15-24(31)25(32)17-22/h5-15,17,26H,16,18-19H2,1-4H3,(H,33,37)/t26-/m0/s1.